The summed E-state index contributed by atoms with van der Waals surface area (Å²) in [6.45, 7) is 4.91. The molecule has 2 rings (SSSR count). The number of nitrogens with one attached hydrogen (secondary N) is 1. The molecule has 1 saturated heterocycles. The van der Waals surface area contributed by atoms with Gasteiger partial charge in [0.05, 0.1) is 19.3 Å². The van der Waals surface area contributed by atoms with Gasteiger partial charge < -0.3 is 10.1 Å². The van der Waals surface area contributed by atoms with Crippen LogP contribution in [-0.2, 0) is 17.7 Å². The molecule has 0 spiro atoms. The second-order valence-corrected chi connectivity index (χ2v) is 3.74. The lowest BCUT2D eigenvalue weighted by Gasteiger charge is -2.27. The number of ether oxygens (including phenoxy) is 1. The molecule has 1 fully saturated rings. The summed E-state index contributed by atoms with van der Waals surface area (Å²) in [6.07, 6.45) is 1.11. The summed E-state index contributed by atoms with van der Waals surface area (Å²) in [6, 6.07) is 9.18. The van der Waals surface area contributed by atoms with Crippen LogP contribution in [0.15, 0.2) is 24.3 Å². The fraction of sp³-hybridized carbons (Fsp3) is 0.500. The van der Waals surface area contributed by atoms with E-state index in [9.17, 15) is 0 Å². The third kappa shape index (κ3) is 2.14. The summed E-state index contributed by atoms with van der Waals surface area (Å²) in [7, 11) is 0. The van der Waals surface area contributed by atoms with Crippen molar-refractivity contribution >= 4 is 0 Å². The van der Waals surface area contributed by atoms with Crippen LogP contribution >= 0.6 is 0 Å². The van der Waals surface area contributed by atoms with E-state index in [0.29, 0.717) is 6.04 Å². The van der Waals surface area contributed by atoms with Crippen LogP contribution in [0.2, 0.25) is 0 Å². The molecule has 14 heavy (non-hydrogen) atoms. The molecule has 0 aliphatic carbocycles. The molecule has 1 aromatic rings. The molecule has 1 aliphatic heterocycles. The van der Waals surface area contributed by atoms with Crippen LogP contribution in [0, 0.1) is 0 Å². The van der Waals surface area contributed by atoms with Crippen LogP contribution in [0.3, 0.4) is 0 Å². The fourth-order valence-corrected chi connectivity index (χ4v) is 1.68. The van der Waals surface area contributed by atoms with Crippen molar-refractivity contribution in [3.05, 3.63) is 35.4 Å². The highest BCUT2D eigenvalue weighted by Gasteiger charge is 2.17. The first-order chi connectivity index (χ1) is 6.90. The van der Waals surface area contributed by atoms with Gasteiger partial charge in [0.1, 0.15) is 0 Å². The Hall–Kier alpha value is -0.860. The van der Waals surface area contributed by atoms with Gasteiger partial charge in [-0.05, 0) is 17.5 Å². The minimum absolute atomic E-state index is 0.569. The van der Waals surface area contributed by atoms with Gasteiger partial charge in [-0.3, -0.25) is 0 Å². The Kier molecular flexibility index (Phi) is 3.17. The molecule has 0 aromatic heterocycles. The molecule has 0 atom stereocenters. The SMILES string of the molecule is CCc1ccccc1CNC1COC1. The Balaban J connectivity index is 1.93. The third-order valence-corrected chi connectivity index (χ3v) is 2.72. The maximum Gasteiger partial charge on any atom is 0.0643 e. The van der Waals surface area contributed by atoms with Crippen LogP contribution in [0.25, 0.3) is 0 Å². The maximum atomic E-state index is 5.12. The molecular weight excluding hydrogens is 174 g/mol. The number of rotatable bonds is 4. The number of hydrogen-bond donors (Lipinski definition) is 1. The average Bonchev–Trinajstić information content (AvgIpc) is 2.16. The summed E-state index contributed by atoms with van der Waals surface area (Å²) < 4.78 is 5.12. The summed E-state index contributed by atoms with van der Waals surface area (Å²) in [4.78, 5) is 0. The van der Waals surface area contributed by atoms with Gasteiger partial charge in [-0.25, -0.2) is 0 Å². The zero-order valence-electron chi connectivity index (χ0n) is 8.62. The molecule has 76 valence electrons. The minimum Gasteiger partial charge on any atom is -0.378 e. The Morgan fingerprint density at radius 3 is 2.57 bits per heavy atom. The van der Waals surface area contributed by atoms with Crippen molar-refractivity contribution in [3.63, 3.8) is 0 Å². The normalized spacial score (nSPS) is 16.6. The zero-order chi connectivity index (χ0) is 9.80. The molecule has 0 amide bonds. The molecule has 1 heterocycles. The summed E-state index contributed by atoms with van der Waals surface area (Å²) in [5, 5.41) is 3.49. The van der Waals surface area contributed by atoms with Crippen molar-refractivity contribution in [2.45, 2.75) is 25.9 Å². The molecule has 2 heteroatoms. The fourth-order valence-electron chi connectivity index (χ4n) is 1.68. The highest BCUT2D eigenvalue weighted by atomic mass is 16.5. The number of hydrogen-bond acceptors (Lipinski definition) is 2. The van der Waals surface area contributed by atoms with Gasteiger partial charge in [0, 0.05) is 6.54 Å². The molecule has 1 aromatic carbocycles. The van der Waals surface area contributed by atoms with Crippen molar-refractivity contribution in [2.75, 3.05) is 13.2 Å². The molecule has 0 unspecified atom stereocenters. The Morgan fingerprint density at radius 2 is 2.00 bits per heavy atom. The zero-order valence-corrected chi connectivity index (χ0v) is 8.62. The first-order valence-electron chi connectivity index (χ1n) is 5.28. The van der Waals surface area contributed by atoms with Crippen LogP contribution < -0.4 is 5.32 Å². The standard InChI is InChI=1S/C12H17NO/c1-2-10-5-3-4-6-11(10)7-13-12-8-14-9-12/h3-6,12-13H,2,7-9H2,1H3. The van der Waals surface area contributed by atoms with E-state index in [0.717, 1.165) is 26.2 Å². The van der Waals surface area contributed by atoms with Gasteiger partial charge in [0.25, 0.3) is 0 Å². The van der Waals surface area contributed by atoms with Crippen LogP contribution in [0.5, 0.6) is 0 Å². The lowest BCUT2D eigenvalue weighted by Crippen LogP contribution is -2.45. The lowest BCUT2D eigenvalue weighted by atomic mass is 10.1. The van der Waals surface area contributed by atoms with E-state index >= 15 is 0 Å². The molecule has 0 saturated carbocycles. The van der Waals surface area contributed by atoms with Crippen LogP contribution in [0.1, 0.15) is 18.1 Å². The molecule has 0 bridgehead atoms. The second-order valence-electron chi connectivity index (χ2n) is 3.74. The van der Waals surface area contributed by atoms with Crippen molar-refractivity contribution in [1.82, 2.24) is 5.32 Å². The lowest BCUT2D eigenvalue weighted by molar-refractivity contribution is -0.00580. The highest BCUT2D eigenvalue weighted by molar-refractivity contribution is 5.26. The second kappa shape index (κ2) is 4.58. The van der Waals surface area contributed by atoms with Crippen molar-refractivity contribution in [1.29, 1.82) is 0 Å². The van der Waals surface area contributed by atoms with Crippen molar-refractivity contribution in [3.8, 4) is 0 Å². The molecule has 2 nitrogen and oxygen atoms in total. The smallest absolute Gasteiger partial charge is 0.0643 e. The van der Waals surface area contributed by atoms with Gasteiger partial charge >= 0.3 is 0 Å². The van der Waals surface area contributed by atoms with Crippen LogP contribution in [0.4, 0.5) is 0 Å². The quantitative estimate of drug-likeness (QED) is 0.782. The van der Waals surface area contributed by atoms with Gasteiger partial charge in [-0.15, -0.1) is 0 Å². The number of benzene rings is 1. The average molecular weight is 191 g/mol. The summed E-state index contributed by atoms with van der Waals surface area (Å²) in [5.41, 5.74) is 2.86. The Morgan fingerprint density at radius 1 is 1.29 bits per heavy atom. The monoisotopic (exact) mass is 191 g/mol. The largest absolute Gasteiger partial charge is 0.378 e. The number of aryl methyl sites for hydroxylation is 1. The van der Waals surface area contributed by atoms with E-state index in [1.807, 2.05) is 0 Å². The predicted octanol–water partition coefficient (Wildman–Crippen LogP) is 1.74. The van der Waals surface area contributed by atoms with Crippen LogP contribution in [-0.4, -0.2) is 19.3 Å². The first-order valence-corrected chi connectivity index (χ1v) is 5.28. The predicted molar refractivity (Wildman–Crippen MR) is 57.3 cm³/mol. The topological polar surface area (TPSA) is 21.3 Å². The van der Waals surface area contributed by atoms with E-state index in [1.165, 1.54) is 11.1 Å². The Bertz CT molecular complexity index is 294. The van der Waals surface area contributed by atoms with Crippen molar-refractivity contribution in [2.24, 2.45) is 0 Å². The Labute approximate surface area is 85.3 Å². The van der Waals surface area contributed by atoms with Gasteiger partial charge in [-0.2, -0.15) is 0 Å². The van der Waals surface area contributed by atoms with Gasteiger partial charge in [0.2, 0.25) is 0 Å². The molecule has 1 N–H and O–H groups in total. The van der Waals surface area contributed by atoms with Gasteiger partial charge in [0.15, 0.2) is 0 Å². The first kappa shape index (κ1) is 9.69. The highest BCUT2D eigenvalue weighted by Crippen LogP contribution is 2.10. The van der Waals surface area contributed by atoms with E-state index in [1.54, 1.807) is 0 Å². The van der Waals surface area contributed by atoms with Crippen molar-refractivity contribution < 1.29 is 4.74 Å². The molecule has 1 aliphatic rings. The minimum atomic E-state index is 0.569. The summed E-state index contributed by atoms with van der Waals surface area (Å²) >= 11 is 0. The van der Waals surface area contributed by atoms with Gasteiger partial charge in [-0.1, -0.05) is 31.2 Å². The van der Waals surface area contributed by atoms with E-state index in [4.69, 9.17) is 4.74 Å². The van der Waals surface area contributed by atoms with E-state index in [-0.39, 0.29) is 0 Å². The van der Waals surface area contributed by atoms with E-state index in [2.05, 4.69) is 36.5 Å². The molecule has 0 radical (unpaired) electrons. The summed E-state index contributed by atoms with van der Waals surface area (Å²) in [5.74, 6) is 0. The maximum absolute atomic E-state index is 5.12. The molecular formula is C12H17NO. The van der Waals surface area contributed by atoms with E-state index < -0.39 is 0 Å². The third-order valence-electron chi connectivity index (χ3n) is 2.72.